The number of rotatable bonds is 8. The summed E-state index contributed by atoms with van der Waals surface area (Å²) in [4.78, 5) is 26.7. The van der Waals surface area contributed by atoms with Crippen molar-refractivity contribution in [1.29, 1.82) is 0 Å². The molecule has 2 N–H and O–H groups in total. The lowest BCUT2D eigenvalue weighted by Gasteiger charge is -2.20. The van der Waals surface area contributed by atoms with Gasteiger partial charge in [0.15, 0.2) is 0 Å². The van der Waals surface area contributed by atoms with Crippen molar-refractivity contribution < 1.29 is 14.7 Å². The summed E-state index contributed by atoms with van der Waals surface area (Å²) in [6.07, 6.45) is 3.24. The van der Waals surface area contributed by atoms with E-state index in [0.717, 1.165) is 12.1 Å². The smallest absolute Gasteiger partial charge is 0.303 e. The molecule has 1 heterocycles. The zero-order chi connectivity index (χ0) is 15.8. The van der Waals surface area contributed by atoms with E-state index in [-0.39, 0.29) is 12.3 Å². The van der Waals surface area contributed by atoms with E-state index >= 15 is 0 Å². The average molecular weight is 292 g/mol. The molecular weight excluding hydrogens is 268 g/mol. The molecular formula is C16H24N2O3. The number of carbonyl (C=O) groups excluding carboxylic acids is 1. The molecule has 1 amide bonds. The van der Waals surface area contributed by atoms with Crippen LogP contribution in [0.3, 0.4) is 0 Å². The topological polar surface area (TPSA) is 79.3 Å². The highest BCUT2D eigenvalue weighted by Crippen LogP contribution is 2.20. The number of pyridine rings is 1. The number of nitrogens with zero attached hydrogens (tertiary/aromatic N) is 1. The predicted octanol–water partition coefficient (Wildman–Crippen LogP) is 2.65. The Bertz CT molecular complexity index is 486. The summed E-state index contributed by atoms with van der Waals surface area (Å²) in [7, 11) is 0. The average Bonchev–Trinajstić information content (AvgIpc) is 2.41. The van der Waals surface area contributed by atoms with Gasteiger partial charge in [0, 0.05) is 30.4 Å². The van der Waals surface area contributed by atoms with E-state index in [2.05, 4.69) is 24.1 Å². The monoisotopic (exact) mass is 292 g/mol. The second-order valence-electron chi connectivity index (χ2n) is 5.67. The van der Waals surface area contributed by atoms with Gasteiger partial charge in [-0.2, -0.15) is 0 Å². The van der Waals surface area contributed by atoms with E-state index in [1.807, 2.05) is 6.92 Å². The molecule has 0 spiro atoms. The first-order chi connectivity index (χ1) is 9.90. The maximum absolute atomic E-state index is 12.0. The summed E-state index contributed by atoms with van der Waals surface area (Å²) in [6.45, 7) is 6.57. The van der Waals surface area contributed by atoms with Crippen LogP contribution < -0.4 is 5.32 Å². The third-order valence-corrected chi connectivity index (χ3v) is 3.63. The molecule has 116 valence electrons. The third kappa shape index (κ3) is 6.38. The van der Waals surface area contributed by atoms with Gasteiger partial charge in [-0.3, -0.25) is 14.6 Å². The molecule has 1 rings (SSSR count). The Hall–Kier alpha value is -1.91. The quantitative estimate of drug-likeness (QED) is 0.772. The number of carboxylic acids is 1. The highest BCUT2D eigenvalue weighted by atomic mass is 16.4. The summed E-state index contributed by atoms with van der Waals surface area (Å²) >= 11 is 0. The number of amides is 1. The van der Waals surface area contributed by atoms with Gasteiger partial charge in [-0.25, -0.2) is 0 Å². The largest absolute Gasteiger partial charge is 0.481 e. The van der Waals surface area contributed by atoms with Gasteiger partial charge in [-0.1, -0.05) is 13.8 Å². The van der Waals surface area contributed by atoms with Crippen molar-refractivity contribution in [2.24, 2.45) is 11.8 Å². The van der Waals surface area contributed by atoms with E-state index < -0.39 is 5.97 Å². The first kappa shape index (κ1) is 17.1. The van der Waals surface area contributed by atoms with Gasteiger partial charge < -0.3 is 10.4 Å². The van der Waals surface area contributed by atoms with Gasteiger partial charge in [-0.05, 0) is 43.7 Å². The maximum atomic E-state index is 12.0. The highest BCUT2D eigenvalue weighted by molar-refractivity contribution is 5.94. The lowest BCUT2D eigenvalue weighted by atomic mass is 9.88. The summed E-state index contributed by atoms with van der Waals surface area (Å²) < 4.78 is 0. The minimum Gasteiger partial charge on any atom is -0.481 e. The molecule has 21 heavy (non-hydrogen) atoms. The summed E-state index contributed by atoms with van der Waals surface area (Å²) in [6, 6.07) is 3.44. The number of carbonyl (C=O) groups is 2. The van der Waals surface area contributed by atoms with Crippen molar-refractivity contribution in [3.63, 3.8) is 0 Å². The molecule has 1 aromatic heterocycles. The van der Waals surface area contributed by atoms with E-state index in [0.29, 0.717) is 30.4 Å². The van der Waals surface area contributed by atoms with Gasteiger partial charge >= 0.3 is 5.97 Å². The van der Waals surface area contributed by atoms with E-state index in [1.54, 1.807) is 18.3 Å². The van der Waals surface area contributed by atoms with Crippen LogP contribution in [-0.4, -0.2) is 28.5 Å². The summed E-state index contributed by atoms with van der Waals surface area (Å²) in [5.74, 6) is -0.164. The molecule has 0 aliphatic heterocycles. The molecule has 0 saturated heterocycles. The molecule has 1 atom stereocenters. The first-order valence-corrected chi connectivity index (χ1v) is 7.32. The Morgan fingerprint density at radius 3 is 2.62 bits per heavy atom. The Morgan fingerprint density at radius 2 is 2.05 bits per heavy atom. The zero-order valence-electron chi connectivity index (χ0n) is 12.9. The Morgan fingerprint density at radius 1 is 1.33 bits per heavy atom. The first-order valence-electron chi connectivity index (χ1n) is 7.32. The van der Waals surface area contributed by atoms with Gasteiger partial charge in [0.25, 0.3) is 5.91 Å². The van der Waals surface area contributed by atoms with Crippen LogP contribution in [0.2, 0.25) is 0 Å². The van der Waals surface area contributed by atoms with Crippen LogP contribution in [0, 0.1) is 18.8 Å². The standard InChI is InChI=1S/C16H24N2O3/c1-11(2)13(4-5-15(19)20)6-9-18-16(21)14-7-8-17-12(3)10-14/h7-8,10-11,13H,4-6,9H2,1-3H3,(H,18,21)(H,19,20). The fourth-order valence-corrected chi connectivity index (χ4v) is 2.28. The van der Waals surface area contributed by atoms with Crippen LogP contribution in [0.25, 0.3) is 0 Å². The SMILES string of the molecule is Cc1cc(C(=O)NCCC(CCC(=O)O)C(C)C)ccn1. The lowest BCUT2D eigenvalue weighted by Crippen LogP contribution is -2.27. The van der Waals surface area contributed by atoms with Crippen LogP contribution >= 0.6 is 0 Å². The van der Waals surface area contributed by atoms with Gasteiger partial charge in [0.2, 0.25) is 0 Å². The number of hydrogen-bond donors (Lipinski definition) is 2. The van der Waals surface area contributed by atoms with Crippen LogP contribution in [0.4, 0.5) is 0 Å². The molecule has 0 bridgehead atoms. The Balaban J connectivity index is 2.43. The maximum Gasteiger partial charge on any atom is 0.303 e. The van der Waals surface area contributed by atoms with Crippen LogP contribution in [-0.2, 0) is 4.79 Å². The molecule has 5 heteroatoms. The van der Waals surface area contributed by atoms with Gasteiger partial charge in [0.1, 0.15) is 0 Å². The number of nitrogens with one attached hydrogen (secondary N) is 1. The molecule has 0 saturated carbocycles. The number of aliphatic carboxylic acids is 1. The molecule has 0 aliphatic rings. The van der Waals surface area contributed by atoms with Gasteiger partial charge in [0.05, 0.1) is 0 Å². The fourth-order valence-electron chi connectivity index (χ4n) is 2.28. The number of aromatic nitrogens is 1. The van der Waals surface area contributed by atoms with Crippen molar-refractivity contribution in [3.8, 4) is 0 Å². The van der Waals surface area contributed by atoms with Crippen LogP contribution in [0.15, 0.2) is 18.3 Å². The lowest BCUT2D eigenvalue weighted by molar-refractivity contribution is -0.137. The van der Waals surface area contributed by atoms with Crippen LogP contribution in [0.5, 0.6) is 0 Å². The van der Waals surface area contributed by atoms with E-state index in [1.165, 1.54) is 0 Å². The minimum absolute atomic E-state index is 0.110. The molecule has 5 nitrogen and oxygen atoms in total. The summed E-state index contributed by atoms with van der Waals surface area (Å²) in [5, 5.41) is 11.6. The van der Waals surface area contributed by atoms with E-state index in [4.69, 9.17) is 5.11 Å². The highest BCUT2D eigenvalue weighted by Gasteiger charge is 2.15. The van der Waals surface area contributed by atoms with E-state index in [9.17, 15) is 9.59 Å². The van der Waals surface area contributed by atoms with Crippen molar-refractivity contribution >= 4 is 11.9 Å². The van der Waals surface area contributed by atoms with Crippen molar-refractivity contribution in [2.45, 2.75) is 40.0 Å². The number of hydrogen-bond acceptors (Lipinski definition) is 3. The van der Waals surface area contributed by atoms with Crippen molar-refractivity contribution in [3.05, 3.63) is 29.6 Å². The number of aryl methyl sites for hydroxylation is 1. The van der Waals surface area contributed by atoms with Crippen LogP contribution in [0.1, 0.15) is 49.2 Å². The Labute approximate surface area is 125 Å². The molecule has 0 aromatic carbocycles. The molecule has 0 aliphatic carbocycles. The second kappa shape index (κ2) is 8.39. The predicted molar refractivity (Wildman–Crippen MR) is 81.1 cm³/mol. The normalized spacial score (nSPS) is 12.2. The molecule has 1 aromatic rings. The minimum atomic E-state index is -0.767. The number of carboxylic acid groups (broad SMARTS) is 1. The zero-order valence-corrected chi connectivity index (χ0v) is 12.9. The summed E-state index contributed by atoms with van der Waals surface area (Å²) in [5.41, 5.74) is 1.42. The third-order valence-electron chi connectivity index (χ3n) is 3.63. The molecule has 0 radical (unpaired) electrons. The second-order valence-corrected chi connectivity index (χ2v) is 5.67. The molecule has 1 unspecified atom stereocenters. The van der Waals surface area contributed by atoms with Gasteiger partial charge in [-0.15, -0.1) is 0 Å². The Kier molecular flexibility index (Phi) is 6.85. The molecule has 0 fully saturated rings. The van der Waals surface area contributed by atoms with Crippen molar-refractivity contribution in [2.75, 3.05) is 6.54 Å². The van der Waals surface area contributed by atoms with Crippen molar-refractivity contribution in [1.82, 2.24) is 10.3 Å². The fraction of sp³-hybridized carbons (Fsp3) is 0.562.